The average molecular weight is 194 g/mol. The minimum absolute atomic E-state index is 0.272. The van der Waals surface area contributed by atoms with Crippen LogP contribution in [0, 0.1) is 6.92 Å². The van der Waals surface area contributed by atoms with E-state index in [1.165, 1.54) is 12.8 Å². The first-order valence-electron chi connectivity index (χ1n) is 5.34. The van der Waals surface area contributed by atoms with Crippen molar-refractivity contribution in [1.82, 2.24) is 0 Å². The molecule has 78 valence electrons. The molecule has 0 aromatic carbocycles. The summed E-state index contributed by atoms with van der Waals surface area (Å²) in [6, 6.07) is 4.59. The van der Waals surface area contributed by atoms with Gasteiger partial charge in [0.1, 0.15) is 5.76 Å². The van der Waals surface area contributed by atoms with E-state index in [9.17, 15) is 0 Å². The van der Waals surface area contributed by atoms with Crippen molar-refractivity contribution in [1.29, 1.82) is 0 Å². The van der Waals surface area contributed by atoms with E-state index < -0.39 is 0 Å². The third-order valence-electron chi connectivity index (χ3n) is 2.89. The molecular formula is C11H18N2O. The monoisotopic (exact) mass is 194 g/mol. The largest absolute Gasteiger partial charge is 0.446 e. The van der Waals surface area contributed by atoms with Gasteiger partial charge in [-0.3, -0.25) is 0 Å². The van der Waals surface area contributed by atoms with Crippen LogP contribution in [0.1, 0.15) is 31.4 Å². The number of rotatable bonds is 2. The zero-order valence-electron chi connectivity index (χ0n) is 8.62. The normalized spacial score (nSPS) is 27.6. The number of aryl methyl sites for hydroxylation is 1. The van der Waals surface area contributed by atoms with Crippen LogP contribution >= 0.6 is 0 Å². The lowest BCUT2D eigenvalue weighted by Gasteiger charge is -2.29. The Labute approximate surface area is 84.7 Å². The van der Waals surface area contributed by atoms with Gasteiger partial charge in [0.15, 0.2) is 5.88 Å². The van der Waals surface area contributed by atoms with Gasteiger partial charge in [-0.05, 0) is 25.8 Å². The fraction of sp³-hybridized carbons (Fsp3) is 0.636. The molecule has 2 rings (SSSR count). The van der Waals surface area contributed by atoms with Gasteiger partial charge in [-0.1, -0.05) is 12.8 Å². The number of furan rings is 1. The van der Waals surface area contributed by atoms with Crippen LogP contribution in [0.5, 0.6) is 0 Å². The molecule has 0 amide bonds. The van der Waals surface area contributed by atoms with Crippen molar-refractivity contribution in [3.05, 3.63) is 17.9 Å². The molecular weight excluding hydrogens is 176 g/mol. The number of nitrogens with two attached hydrogens (primary N) is 1. The van der Waals surface area contributed by atoms with Crippen LogP contribution in [-0.4, -0.2) is 12.1 Å². The predicted molar refractivity (Wildman–Crippen MR) is 57.3 cm³/mol. The summed E-state index contributed by atoms with van der Waals surface area (Å²) in [6.07, 6.45) is 4.81. The van der Waals surface area contributed by atoms with Crippen molar-refractivity contribution in [2.45, 2.75) is 44.7 Å². The highest BCUT2D eigenvalue weighted by Gasteiger charge is 2.21. The van der Waals surface area contributed by atoms with E-state index >= 15 is 0 Å². The summed E-state index contributed by atoms with van der Waals surface area (Å²) in [5.74, 6) is 1.79. The standard InChI is InChI=1S/C11H18N2O/c1-8-6-7-11(14-8)13-10-5-3-2-4-9(10)12/h6-7,9-10,13H,2-5,12H2,1H3. The highest BCUT2D eigenvalue weighted by Crippen LogP contribution is 2.22. The van der Waals surface area contributed by atoms with Gasteiger partial charge >= 0.3 is 0 Å². The van der Waals surface area contributed by atoms with E-state index in [4.69, 9.17) is 10.2 Å². The van der Waals surface area contributed by atoms with Crippen LogP contribution < -0.4 is 11.1 Å². The van der Waals surface area contributed by atoms with Crippen molar-refractivity contribution >= 4 is 5.88 Å². The predicted octanol–water partition coefficient (Wildman–Crippen LogP) is 2.27. The molecule has 1 aromatic heterocycles. The highest BCUT2D eigenvalue weighted by molar-refractivity contribution is 5.33. The zero-order valence-corrected chi connectivity index (χ0v) is 8.62. The molecule has 0 saturated heterocycles. The van der Waals surface area contributed by atoms with E-state index in [1.54, 1.807) is 0 Å². The van der Waals surface area contributed by atoms with E-state index in [2.05, 4.69) is 5.32 Å². The van der Waals surface area contributed by atoms with E-state index in [-0.39, 0.29) is 6.04 Å². The maximum absolute atomic E-state index is 6.03. The van der Waals surface area contributed by atoms with Gasteiger partial charge in [-0.25, -0.2) is 0 Å². The lowest BCUT2D eigenvalue weighted by atomic mass is 9.91. The molecule has 0 bridgehead atoms. The molecule has 3 N–H and O–H groups in total. The lowest BCUT2D eigenvalue weighted by Crippen LogP contribution is -2.42. The van der Waals surface area contributed by atoms with Gasteiger partial charge in [0.05, 0.1) is 0 Å². The molecule has 2 atom stereocenters. The molecule has 14 heavy (non-hydrogen) atoms. The van der Waals surface area contributed by atoms with E-state index in [0.717, 1.165) is 24.5 Å². The summed E-state index contributed by atoms with van der Waals surface area (Å²) in [5, 5.41) is 3.36. The van der Waals surface area contributed by atoms with Crippen molar-refractivity contribution in [2.75, 3.05) is 5.32 Å². The van der Waals surface area contributed by atoms with Crippen molar-refractivity contribution in [2.24, 2.45) is 5.73 Å². The maximum atomic E-state index is 6.03. The smallest absolute Gasteiger partial charge is 0.193 e. The number of hydrogen-bond acceptors (Lipinski definition) is 3. The van der Waals surface area contributed by atoms with Gasteiger partial charge in [0.25, 0.3) is 0 Å². The van der Waals surface area contributed by atoms with Crippen LogP contribution in [-0.2, 0) is 0 Å². The number of nitrogens with one attached hydrogen (secondary N) is 1. The molecule has 2 unspecified atom stereocenters. The SMILES string of the molecule is Cc1ccc(NC2CCCCC2N)o1. The summed E-state index contributed by atoms with van der Waals surface area (Å²) in [5.41, 5.74) is 6.03. The molecule has 1 heterocycles. The molecule has 0 spiro atoms. The first kappa shape index (κ1) is 9.59. The summed E-state index contributed by atoms with van der Waals surface area (Å²) >= 11 is 0. The molecule has 1 aliphatic carbocycles. The van der Waals surface area contributed by atoms with Gasteiger partial charge < -0.3 is 15.5 Å². The Bertz CT molecular complexity index is 295. The van der Waals surface area contributed by atoms with Crippen LogP contribution in [0.15, 0.2) is 16.5 Å². The van der Waals surface area contributed by atoms with Gasteiger partial charge in [-0.15, -0.1) is 0 Å². The molecule has 0 radical (unpaired) electrons. The molecule has 1 fully saturated rings. The molecule has 0 aliphatic heterocycles. The average Bonchev–Trinajstić information content (AvgIpc) is 2.56. The van der Waals surface area contributed by atoms with Crippen molar-refractivity contribution in [3.63, 3.8) is 0 Å². The van der Waals surface area contributed by atoms with E-state index in [1.807, 2.05) is 19.1 Å². The molecule has 3 nitrogen and oxygen atoms in total. The lowest BCUT2D eigenvalue weighted by molar-refractivity contribution is 0.395. The second-order valence-corrected chi connectivity index (χ2v) is 4.11. The Morgan fingerprint density at radius 3 is 2.79 bits per heavy atom. The second-order valence-electron chi connectivity index (χ2n) is 4.11. The molecule has 1 aliphatic rings. The van der Waals surface area contributed by atoms with E-state index in [0.29, 0.717) is 6.04 Å². The first-order chi connectivity index (χ1) is 6.75. The molecule has 1 aromatic rings. The van der Waals surface area contributed by atoms with Crippen molar-refractivity contribution in [3.8, 4) is 0 Å². The summed E-state index contributed by atoms with van der Waals surface area (Å²) < 4.78 is 5.47. The van der Waals surface area contributed by atoms with Gasteiger partial charge in [0.2, 0.25) is 0 Å². The minimum Gasteiger partial charge on any atom is -0.446 e. The number of hydrogen-bond donors (Lipinski definition) is 2. The van der Waals surface area contributed by atoms with Crippen LogP contribution in [0.4, 0.5) is 5.88 Å². The van der Waals surface area contributed by atoms with Crippen LogP contribution in [0.2, 0.25) is 0 Å². The Balaban J connectivity index is 1.95. The van der Waals surface area contributed by atoms with Crippen LogP contribution in [0.3, 0.4) is 0 Å². The first-order valence-corrected chi connectivity index (χ1v) is 5.34. The molecule has 3 heteroatoms. The Hall–Kier alpha value is -0.960. The summed E-state index contributed by atoms with van der Waals surface area (Å²) in [7, 11) is 0. The zero-order chi connectivity index (χ0) is 9.97. The Kier molecular flexibility index (Phi) is 2.77. The van der Waals surface area contributed by atoms with Crippen molar-refractivity contribution < 1.29 is 4.42 Å². The third-order valence-corrected chi connectivity index (χ3v) is 2.89. The van der Waals surface area contributed by atoms with Crippen LogP contribution in [0.25, 0.3) is 0 Å². The fourth-order valence-corrected chi connectivity index (χ4v) is 2.03. The number of anilines is 1. The maximum Gasteiger partial charge on any atom is 0.193 e. The Morgan fingerprint density at radius 2 is 2.14 bits per heavy atom. The Morgan fingerprint density at radius 1 is 1.36 bits per heavy atom. The third kappa shape index (κ3) is 2.10. The fourth-order valence-electron chi connectivity index (χ4n) is 2.03. The molecule has 1 saturated carbocycles. The minimum atomic E-state index is 0.272. The van der Waals surface area contributed by atoms with Gasteiger partial charge in [-0.2, -0.15) is 0 Å². The quantitative estimate of drug-likeness (QED) is 0.759. The topological polar surface area (TPSA) is 51.2 Å². The highest BCUT2D eigenvalue weighted by atomic mass is 16.4. The second kappa shape index (κ2) is 4.05. The summed E-state index contributed by atoms with van der Waals surface area (Å²) in [6.45, 7) is 1.95. The van der Waals surface area contributed by atoms with Gasteiger partial charge in [0, 0.05) is 18.2 Å². The summed E-state index contributed by atoms with van der Waals surface area (Å²) in [4.78, 5) is 0.